The van der Waals surface area contributed by atoms with Crippen LogP contribution in [0.1, 0.15) is 55.2 Å². The molecule has 1 amide bonds. The van der Waals surface area contributed by atoms with Gasteiger partial charge < -0.3 is 10.2 Å². The molecule has 3 heterocycles. The number of anilines is 1. The van der Waals surface area contributed by atoms with Crippen LogP contribution in [0.3, 0.4) is 0 Å². The summed E-state index contributed by atoms with van der Waals surface area (Å²) in [6.07, 6.45) is 1.70. The van der Waals surface area contributed by atoms with Gasteiger partial charge in [0.25, 0.3) is 11.5 Å². The molecule has 0 unspecified atom stereocenters. The van der Waals surface area contributed by atoms with E-state index in [9.17, 15) is 14.4 Å². The Morgan fingerprint density at radius 3 is 2.47 bits per heavy atom. The Bertz CT molecular complexity index is 1240. The number of amides is 1. The number of H-pyrrole nitrogens is 1. The first-order chi connectivity index (χ1) is 15.1. The highest BCUT2D eigenvalue weighted by atomic mass is 16.2. The number of carbonyl (C=O) groups excluding carboxylic acids is 1. The van der Waals surface area contributed by atoms with E-state index in [-0.39, 0.29) is 35.0 Å². The van der Waals surface area contributed by atoms with Gasteiger partial charge in [-0.2, -0.15) is 0 Å². The molecule has 3 aromatic heterocycles. The summed E-state index contributed by atoms with van der Waals surface area (Å²) < 4.78 is 1.44. The van der Waals surface area contributed by atoms with Crippen molar-refractivity contribution in [3.63, 3.8) is 0 Å². The van der Waals surface area contributed by atoms with Gasteiger partial charge in [0.05, 0.1) is 10.9 Å². The number of aromatic amines is 1. The molecule has 0 radical (unpaired) electrons. The van der Waals surface area contributed by atoms with E-state index in [1.807, 2.05) is 58.8 Å². The fourth-order valence-electron chi connectivity index (χ4n) is 3.37. The number of pyridine rings is 2. The number of hydrogen-bond acceptors (Lipinski definition) is 6. The lowest BCUT2D eigenvalue weighted by molar-refractivity contribution is 0.0952. The lowest BCUT2D eigenvalue weighted by Crippen LogP contribution is -2.34. The SMILES string of the molecule is CC(C)Cn1c(=O)[nH]c(=O)c2c(C(=O)NCc3ccc(N(C)C)nc3)cc(C(C)C)nc21. The van der Waals surface area contributed by atoms with Crippen LogP contribution in [0.4, 0.5) is 5.82 Å². The zero-order valence-electron chi connectivity index (χ0n) is 19.4. The molecular weight excluding hydrogens is 408 g/mol. The highest BCUT2D eigenvalue weighted by Crippen LogP contribution is 2.20. The van der Waals surface area contributed by atoms with Crippen LogP contribution >= 0.6 is 0 Å². The molecule has 9 heteroatoms. The zero-order chi connectivity index (χ0) is 23.6. The van der Waals surface area contributed by atoms with Crippen molar-refractivity contribution in [1.82, 2.24) is 24.8 Å². The molecule has 0 saturated heterocycles. The monoisotopic (exact) mass is 438 g/mol. The van der Waals surface area contributed by atoms with Crippen molar-refractivity contribution in [2.45, 2.75) is 46.7 Å². The van der Waals surface area contributed by atoms with E-state index in [4.69, 9.17) is 0 Å². The summed E-state index contributed by atoms with van der Waals surface area (Å²) in [6, 6.07) is 5.39. The molecule has 3 aromatic rings. The van der Waals surface area contributed by atoms with Gasteiger partial charge in [-0.05, 0) is 29.5 Å². The molecule has 170 valence electrons. The van der Waals surface area contributed by atoms with Crippen molar-refractivity contribution in [2.24, 2.45) is 5.92 Å². The van der Waals surface area contributed by atoms with E-state index in [1.54, 1.807) is 12.3 Å². The Labute approximate surface area is 186 Å². The second-order valence-corrected chi connectivity index (χ2v) is 8.81. The Kier molecular flexibility index (Phi) is 6.76. The molecule has 2 N–H and O–H groups in total. The van der Waals surface area contributed by atoms with Crippen LogP contribution in [0.2, 0.25) is 0 Å². The lowest BCUT2D eigenvalue weighted by Gasteiger charge is -2.16. The van der Waals surface area contributed by atoms with E-state index < -0.39 is 17.2 Å². The molecule has 0 spiro atoms. The van der Waals surface area contributed by atoms with E-state index in [2.05, 4.69) is 20.3 Å². The molecule has 0 aromatic carbocycles. The molecule has 0 aliphatic rings. The highest BCUT2D eigenvalue weighted by Gasteiger charge is 2.20. The third kappa shape index (κ3) is 4.87. The lowest BCUT2D eigenvalue weighted by atomic mass is 10.0. The number of fused-ring (bicyclic) bond motifs is 1. The minimum absolute atomic E-state index is 0.00983. The summed E-state index contributed by atoms with van der Waals surface area (Å²) in [5.41, 5.74) is 0.772. The van der Waals surface area contributed by atoms with Gasteiger partial charge in [0.1, 0.15) is 5.82 Å². The molecule has 0 saturated carbocycles. The topological polar surface area (TPSA) is 113 Å². The van der Waals surface area contributed by atoms with Gasteiger partial charge in [0, 0.05) is 39.1 Å². The van der Waals surface area contributed by atoms with Gasteiger partial charge in [0.15, 0.2) is 5.65 Å². The molecule has 0 bridgehead atoms. The normalized spacial score (nSPS) is 11.4. The molecule has 32 heavy (non-hydrogen) atoms. The second-order valence-electron chi connectivity index (χ2n) is 8.81. The Morgan fingerprint density at radius 2 is 1.91 bits per heavy atom. The predicted octanol–water partition coefficient (Wildman–Crippen LogP) is 2.26. The van der Waals surface area contributed by atoms with E-state index in [0.717, 1.165) is 11.4 Å². The molecule has 3 rings (SSSR count). The van der Waals surface area contributed by atoms with Gasteiger partial charge in [-0.25, -0.2) is 14.8 Å². The molecule has 9 nitrogen and oxygen atoms in total. The summed E-state index contributed by atoms with van der Waals surface area (Å²) in [4.78, 5) is 51.5. The Balaban J connectivity index is 2.05. The zero-order valence-corrected chi connectivity index (χ0v) is 19.4. The van der Waals surface area contributed by atoms with Crippen molar-refractivity contribution < 1.29 is 4.79 Å². The minimum atomic E-state index is -0.616. The van der Waals surface area contributed by atoms with Gasteiger partial charge >= 0.3 is 5.69 Å². The maximum Gasteiger partial charge on any atom is 0.330 e. The number of nitrogens with zero attached hydrogens (tertiary/aromatic N) is 4. The first kappa shape index (κ1) is 23.2. The smallest absolute Gasteiger partial charge is 0.330 e. The average molecular weight is 439 g/mol. The van der Waals surface area contributed by atoms with Crippen LogP contribution in [0, 0.1) is 5.92 Å². The van der Waals surface area contributed by atoms with E-state index >= 15 is 0 Å². The first-order valence-corrected chi connectivity index (χ1v) is 10.7. The van der Waals surface area contributed by atoms with Crippen LogP contribution in [0.25, 0.3) is 11.0 Å². The maximum absolute atomic E-state index is 13.1. The van der Waals surface area contributed by atoms with E-state index in [1.165, 1.54) is 4.57 Å². The molecule has 0 aliphatic heterocycles. The highest BCUT2D eigenvalue weighted by molar-refractivity contribution is 6.05. The number of carbonyl (C=O) groups is 1. The summed E-state index contributed by atoms with van der Waals surface area (Å²) >= 11 is 0. The summed E-state index contributed by atoms with van der Waals surface area (Å²) in [5.74, 6) is 0.574. The fourth-order valence-corrected chi connectivity index (χ4v) is 3.37. The van der Waals surface area contributed by atoms with Crippen molar-refractivity contribution >= 4 is 22.8 Å². The number of aromatic nitrogens is 4. The summed E-state index contributed by atoms with van der Waals surface area (Å²) in [6.45, 7) is 8.48. The summed E-state index contributed by atoms with van der Waals surface area (Å²) in [7, 11) is 3.81. The largest absolute Gasteiger partial charge is 0.363 e. The number of rotatable bonds is 7. The molecule has 0 aliphatic carbocycles. The fraction of sp³-hybridized carbons (Fsp3) is 0.435. The third-order valence-corrected chi connectivity index (χ3v) is 5.07. The summed E-state index contributed by atoms with van der Waals surface area (Å²) in [5, 5.41) is 2.98. The predicted molar refractivity (Wildman–Crippen MR) is 125 cm³/mol. The average Bonchev–Trinajstić information content (AvgIpc) is 2.74. The van der Waals surface area contributed by atoms with Crippen molar-refractivity contribution in [3.8, 4) is 0 Å². The number of nitrogens with one attached hydrogen (secondary N) is 2. The Morgan fingerprint density at radius 1 is 1.19 bits per heavy atom. The van der Waals surface area contributed by atoms with Crippen LogP contribution in [-0.4, -0.2) is 39.5 Å². The van der Waals surface area contributed by atoms with Crippen LogP contribution in [0.15, 0.2) is 34.0 Å². The van der Waals surface area contributed by atoms with Crippen molar-refractivity contribution in [2.75, 3.05) is 19.0 Å². The molecular formula is C23H30N6O3. The van der Waals surface area contributed by atoms with Crippen molar-refractivity contribution in [1.29, 1.82) is 0 Å². The quantitative estimate of drug-likeness (QED) is 0.585. The standard InChI is InChI=1S/C23H30N6O3/c1-13(2)12-29-20-19(22(31)27-23(29)32)16(9-17(26-20)14(3)4)21(30)25-11-15-7-8-18(24-10-15)28(5)6/h7-10,13-14H,11-12H2,1-6H3,(H,25,30)(H,27,31,32). The van der Waals surface area contributed by atoms with E-state index in [0.29, 0.717) is 12.2 Å². The second kappa shape index (κ2) is 9.33. The Hall–Kier alpha value is -3.49. The molecule has 0 atom stereocenters. The third-order valence-electron chi connectivity index (χ3n) is 5.07. The van der Waals surface area contributed by atoms with Gasteiger partial charge in [-0.15, -0.1) is 0 Å². The molecule has 0 fully saturated rings. The van der Waals surface area contributed by atoms with Gasteiger partial charge in [-0.1, -0.05) is 33.8 Å². The maximum atomic E-state index is 13.1. The first-order valence-electron chi connectivity index (χ1n) is 10.7. The van der Waals surface area contributed by atoms with Crippen molar-refractivity contribution in [3.05, 3.63) is 62.1 Å². The van der Waals surface area contributed by atoms with Crippen LogP contribution in [0.5, 0.6) is 0 Å². The number of hydrogen-bond donors (Lipinski definition) is 2. The van der Waals surface area contributed by atoms with Crippen LogP contribution in [-0.2, 0) is 13.1 Å². The van der Waals surface area contributed by atoms with Gasteiger partial charge in [-0.3, -0.25) is 19.1 Å². The minimum Gasteiger partial charge on any atom is -0.363 e. The van der Waals surface area contributed by atoms with Gasteiger partial charge in [0.2, 0.25) is 0 Å². The van der Waals surface area contributed by atoms with Crippen LogP contribution < -0.4 is 21.5 Å².